The molecule has 0 spiro atoms. The van der Waals surface area contributed by atoms with Crippen molar-refractivity contribution in [3.63, 3.8) is 0 Å². The third kappa shape index (κ3) is 2.18. The van der Waals surface area contributed by atoms with Crippen LogP contribution in [0.1, 0.15) is 0 Å². The topological polar surface area (TPSA) is 31.2 Å². The standard InChI is InChI=1S/C30H17NO2/c1-4-10-24-22(9-1)29-25(15-14-21-19-7-2-6-12-27(19)33-30(21)29)31(24)18-13-16-28-23(17-18)20-8-3-5-11-26(20)32-28/h1-17H. The summed E-state index contributed by atoms with van der Waals surface area (Å²) in [5.74, 6) is 0. The van der Waals surface area contributed by atoms with Gasteiger partial charge >= 0.3 is 0 Å². The number of hydrogen-bond donors (Lipinski definition) is 0. The van der Waals surface area contributed by atoms with E-state index in [0.29, 0.717) is 0 Å². The van der Waals surface area contributed by atoms with E-state index < -0.39 is 0 Å². The van der Waals surface area contributed by atoms with E-state index in [1.54, 1.807) is 0 Å². The summed E-state index contributed by atoms with van der Waals surface area (Å²) in [7, 11) is 0. The van der Waals surface area contributed by atoms with Gasteiger partial charge in [0.25, 0.3) is 0 Å². The molecule has 3 aromatic heterocycles. The summed E-state index contributed by atoms with van der Waals surface area (Å²) in [5.41, 5.74) is 7.08. The Bertz CT molecular complexity index is 2030. The first-order valence-corrected chi connectivity index (χ1v) is 11.1. The maximum Gasteiger partial charge on any atom is 0.145 e. The van der Waals surface area contributed by atoms with Crippen LogP contribution in [0.15, 0.2) is 112 Å². The van der Waals surface area contributed by atoms with E-state index in [2.05, 4.69) is 83.4 Å². The number of rotatable bonds is 1. The minimum absolute atomic E-state index is 0.903. The van der Waals surface area contributed by atoms with Gasteiger partial charge in [0, 0.05) is 32.6 Å². The highest BCUT2D eigenvalue weighted by atomic mass is 16.3. The van der Waals surface area contributed by atoms with Crippen LogP contribution in [0.4, 0.5) is 0 Å². The van der Waals surface area contributed by atoms with Crippen LogP contribution >= 0.6 is 0 Å². The quantitative estimate of drug-likeness (QED) is 0.265. The number of fused-ring (bicyclic) bond motifs is 10. The lowest BCUT2D eigenvalue weighted by Gasteiger charge is -2.08. The molecule has 0 radical (unpaired) electrons. The number of aromatic nitrogens is 1. The van der Waals surface area contributed by atoms with Crippen molar-refractivity contribution in [1.29, 1.82) is 0 Å². The van der Waals surface area contributed by atoms with Crippen LogP contribution in [0.2, 0.25) is 0 Å². The van der Waals surface area contributed by atoms with Gasteiger partial charge in [0.15, 0.2) is 0 Å². The highest BCUT2D eigenvalue weighted by Gasteiger charge is 2.19. The largest absolute Gasteiger partial charge is 0.456 e. The molecule has 0 amide bonds. The zero-order valence-electron chi connectivity index (χ0n) is 17.6. The third-order valence-corrected chi connectivity index (χ3v) is 6.80. The Morgan fingerprint density at radius 3 is 1.97 bits per heavy atom. The summed E-state index contributed by atoms with van der Waals surface area (Å²) >= 11 is 0. The van der Waals surface area contributed by atoms with E-state index in [1.165, 1.54) is 5.39 Å². The second kappa shape index (κ2) is 6.05. The molecule has 0 fully saturated rings. The molecule has 8 aromatic rings. The highest BCUT2D eigenvalue weighted by Crippen LogP contribution is 2.41. The Morgan fingerprint density at radius 1 is 0.455 bits per heavy atom. The zero-order valence-corrected chi connectivity index (χ0v) is 17.6. The van der Waals surface area contributed by atoms with E-state index in [9.17, 15) is 0 Å². The van der Waals surface area contributed by atoms with Crippen molar-refractivity contribution in [1.82, 2.24) is 4.57 Å². The van der Waals surface area contributed by atoms with Crippen LogP contribution in [-0.4, -0.2) is 4.57 Å². The minimum atomic E-state index is 0.903. The third-order valence-electron chi connectivity index (χ3n) is 6.80. The number of nitrogens with zero attached hydrogens (tertiary/aromatic N) is 1. The summed E-state index contributed by atoms with van der Waals surface area (Å²) in [6.07, 6.45) is 0. The first kappa shape index (κ1) is 17.1. The molecule has 0 saturated heterocycles. The van der Waals surface area contributed by atoms with Crippen molar-refractivity contribution in [3.05, 3.63) is 103 Å². The lowest BCUT2D eigenvalue weighted by molar-refractivity contribution is 0.669. The zero-order chi connectivity index (χ0) is 21.5. The molecule has 33 heavy (non-hydrogen) atoms. The van der Waals surface area contributed by atoms with Crippen LogP contribution in [0.3, 0.4) is 0 Å². The fraction of sp³-hybridized carbons (Fsp3) is 0. The van der Waals surface area contributed by atoms with Crippen molar-refractivity contribution >= 4 is 65.7 Å². The van der Waals surface area contributed by atoms with Gasteiger partial charge in [0.1, 0.15) is 22.3 Å². The van der Waals surface area contributed by atoms with Gasteiger partial charge in [-0.15, -0.1) is 0 Å². The van der Waals surface area contributed by atoms with Gasteiger partial charge in [-0.05, 0) is 48.5 Å². The minimum Gasteiger partial charge on any atom is -0.456 e. The monoisotopic (exact) mass is 423 g/mol. The van der Waals surface area contributed by atoms with Gasteiger partial charge in [-0.25, -0.2) is 0 Å². The lowest BCUT2D eigenvalue weighted by Crippen LogP contribution is -1.93. The molecule has 154 valence electrons. The molecule has 3 heteroatoms. The van der Waals surface area contributed by atoms with Crippen LogP contribution in [-0.2, 0) is 0 Å². The molecule has 0 atom stereocenters. The van der Waals surface area contributed by atoms with Crippen LogP contribution in [0.5, 0.6) is 0 Å². The maximum absolute atomic E-state index is 6.41. The number of hydrogen-bond acceptors (Lipinski definition) is 2. The average Bonchev–Trinajstić information content (AvgIpc) is 3.52. The van der Waals surface area contributed by atoms with Crippen molar-refractivity contribution in [2.45, 2.75) is 0 Å². The molecule has 0 bridgehead atoms. The number of furan rings is 2. The number of para-hydroxylation sites is 3. The molecule has 0 aliphatic heterocycles. The predicted octanol–water partition coefficient (Wildman–Crippen LogP) is 8.58. The smallest absolute Gasteiger partial charge is 0.145 e. The van der Waals surface area contributed by atoms with Crippen LogP contribution in [0, 0.1) is 0 Å². The van der Waals surface area contributed by atoms with Gasteiger partial charge in [-0.3, -0.25) is 0 Å². The van der Waals surface area contributed by atoms with Crippen molar-refractivity contribution in [2.75, 3.05) is 0 Å². The molecule has 8 rings (SSSR count). The summed E-state index contributed by atoms with van der Waals surface area (Å²) in [4.78, 5) is 0. The molecule has 5 aromatic carbocycles. The molecule has 0 N–H and O–H groups in total. The first-order chi connectivity index (χ1) is 16.4. The van der Waals surface area contributed by atoms with Crippen LogP contribution in [0.25, 0.3) is 71.4 Å². The molecule has 0 aliphatic carbocycles. The van der Waals surface area contributed by atoms with Gasteiger partial charge in [0.05, 0.1) is 16.4 Å². The molecule has 0 aliphatic rings. The Balaban J connectivity index is 1.53. The molecular weight excluding hydrogens is 406 g/mol. The van der Waals surface area contributed by atoms with E-state index in [1.807, 2.05) is 24.3 Å². The Labute approximate surface area is 188 Å². The fourth-order valence-corrected chi connectivity index (χ4v) is 5.37. The summed E-state index contributed by atoms with van der Waals surface area (Å²) in [6.45, 7) is 0. The molecule has 3 heterocycles. The van der Waals surface area contributed by atoms with E-state index in [4.69, 9.17) is 8.83 Å². The van der Waals surface area contributed by atoms with E-state index in [-0.39, 0.29) is 0 Å². The summed E-state index contributed by atoms with van der Waals surface area (Å²) in [6, 6.07) is 35.9. The molecule has 3 nitrogen and oxygen atoms in total. The lowest BCUT2D eigenvalue weighted by atomic mass is 10.1. The fourth-order valence-electron chi connectivity index (χ4n) is 5.37. The van der Waals surface area contributed by atoms with Gasteiger partial charge < -0.3 is 13.4 Å². The predicted molar refractivity (Wildman–Crippen MR) is 135 cm³/mol. The second-order valence-corrected chi connectivity index (χ2v) is 8.57. The van der Waals surface area contributed by atoms with Crippen molar-refractivity contribution < 1.29 is 8.83 Å². The van der Waals surface area contributed by atoms with Crippen molar-refractivity contribution in [2.24, 2.45) is 0 Å². The van der Waals surface area contributed by atoms with Crippen LogP contribution < -0.4 is 0 Å². The average molecular weight is 423 g/mol. The van der Waals surface area contributed by atoms with Crippen molar-refractivity contribution in [3.8, 4) is 5.69 Å². The maximum atomic E-state index is 6.41. The van der Waals surface area contributed by atoms with E-state index in [0.717, 1.165) is 66.0 Å². The Hall–Kier alpha value is -4.50. The SMILES string of the molecule is c1ccc2c(c1)oc1ccc(-n3c4ccccc4c4c5oc6ccccc6c5ccc43)cc12. The Kier molecular flexibility index (Phi) is 3.14. The first-order valence-electron chi connectivity index (χ1n) is 11.1. The molecular formula is C30H17NO2. The summed E-state index contributed by atoms with van der Waals surface area (Å²) < 4.78 is 14.8. The molecule has 0 unspecified atom stereocenters. The van der Waals surface area contributed by atoms with Gasteiger partial charge in [0.2, 0.25) is 0 Å². The van der Waals surface area contributed by atoms with Gasteiger partial charge in [-0.1, -0.05) is 54.6 Å². The number of benzene rings is 5. The Morgan fingerprint density at radius 2 is 1.12 bits per heavy atom. The summed E-state index contributed by atoms with van der Waals surface area (Å²) in [5, 5.41) is 6.90. The van der Waals surface area contributed by atoms with Gasteiger partial charge in [-0.2, -0.15) is 0 Å². The highest BCUT2D eigenvalue weighted by molar-refractivity contribution is 6.24. The van der Waals surface area contributed by atoms with E-state index >= 15 is 0 Å². The normalized spacial score (nSPS) is 12.2. The second-order valence-electron chi connectivity index (χ2n) is 8.57. The molecule has 0 saturated carbocycles.